The predicted octanol–water partition coefficient (Wildman–Crippen LogP) is 1.21. The monoisotopic (exact) mass is 325 g/mol. The fourth-order valence-corrected chi connectivity index (χ4v) is 5.12. The maximum atomic E-state index is 12.8. The summed E-state index contributed by atoms with van der Waals surface area (Å²) in [5, 5.41) is 14.0. The van der Waals surface area contributed by atoms with Crippen LogP contribution in [0.4, 0.5) is 5.69 Å². The topological polar surface area (TPSA) is 92.6 Å². The van der Waals surface area contributed by atoms with Crippen LogP contribution in [0.2, 0.25) is 0 Å². The van der Waals surface area contributed by atoms with Gasteiger partial charge < -0.3 is 5.32 Å². The van der Waals surface area contributed by atoms with Gasteiger partial charge in [-0.15, -0.1) is 0 Å². The highest BCUT2D eigenvalue weighted by Gasteiger charge is 2.57. The first kappa shape index (κ1) is 15.4. The van der Waals surface area contributed by atoms with E-state index >= 15 is 0 Å². The van der Waals surface area contributed by atoms with Crippen LogP contribution in [0.15, 0.2) is 29.2 Å². The van der Waals surface area contributed by atoms with Gasteiger partial charge in [0.2, 0.25) is 10.0 Å². The second-order valence-electron chi connectivity index (χ2n) is 6.75. The molecule has 0 unspecified atom stereocenters. The number of non-ortho nitro benzene ring substituents is 1. The average Bonchev–Trinajstić information content (AvgIpc) is 2.87. The maximum absolute atomic E-state index is 12.8. The second kappa shape index (κ2) is 4.74. The molecule has 2 fully saturated rings. The summed E-state index contributed by atoms with van der Waals surface area (Å²) in [6.45, 7) is 6.76. The summed E-state index contributed by atoms with van der Waals surface area (Å²) >= 11 is 0. The minimum Gasteiger partial charge on any atom is -0.316 e. The smallest absolute Gasteiger partial charge is 0.269 e. The molecule has 2 aliphatic rings. The first-order valence-corrected chi connectivity index (χ1v) is 8.57. The van der Waals surface area contributed by atoms with E-state index in [1.807, 2.05) is 0 Å². The minimum atomic E-state index is -3.62. The summed E-state index contributed by atoms with van der Waals surface area (Å²) < 4.78 is 27.0. The van der Waals surface area contributed by atoms with Gasteiger partial charge in [-0.2, -0.15) is 4.31 Å². The first-order valence-electron chi connectivity index (χ1n) is 7.13. The lowest BCUT2D eigenvalue weighted by molar-refractivity contribution is -0.384. The predicted molar refractivity (Wildman–Crippen MR) is 80.9 cm³/mol. The lowest BCUT2D eigenvalue weighted by Gasteiger charge is -2.30. The van der Waals surface area contributed by atoms with E-state index in [0.29, 0.717) is 13.1 Å². The van der Waals surface area contributed by atoms with Crippen LogP contribution in [0.5, 0.6) is 0 Å². The molecule has 2 saturated heterocycles. The summed E-state index contributed by atoms with van der Waals surface area (Å²) in [5.41, 5.74) is -0.276. The van der Waals surface area contributed by atoms with Crippen molar-refractivity contribution in [3.8, 4) is 0 Å². The Bertz CT molecular complexity index is 700. The van der Waals surface area contributed by atoms with E-state index in [2.05, 4.69) is 19.2 Å². The highest BCUT2D eigenvalue weighted by atomic mass is 32.2. The Morgan fingerprint density at radius 1 is 1.14 bits per heavy atom. The summed E-state index contributed by atoms with van der Waals surface area (Å²) in [6, 6.07) is 5.08. The van der Waals surface area contributed by atoms with Crippen molar-refractivity contribution in [2.45, 2.75) is 18.7 Å². The molecule has 2 aliphatic heterocycles. The zero-order valence-corrected chi connectivity index (χ0v) is 13.4. The molecule has 1 N–H and O–H groups in total. The van der Waals surface area contributed by atoms with Gasteiger partial charge in [-0.05, 0) is 12.1 Å². The van der Waals surface area contributed by atoms with E-state index in [1.54, 1.807) is 0 Å². The molecule has 0 bridgehead atoms. The zero-order chi connectivity index (χ0) is 16.2. The first-order chi connectivity index (χ1) is 10.2. The van der Waals surface area contributed by atoms with Crippen molar-refractivity contribution in [2.75, 3.05) is 26.2 Å². The van der Waals surface area contributed by atoms with Crippen molar-refractivity contribution < 1.29 is 13.3 Å². The Labute approximate surface area is 129 Å². The van der Waals surface area contributed by atoms with Gasteiger partial charge in [0.1, 0.15) is 0 Å². The number of hydrogen-bond acceptors (Lipinski definition) is 5. The van der Waals surface area contributed by atoms with Gasteiger partial charge in [0.25, 0.3) is 5.69 Å². The number of rotatable bonds is 3. The van der Waals surface area contributed by atoms with Crippen molar-refractivity contribution in [3.05, 3.63) is 34.4 Å². The SMILES string of the molecule is C[C@@]12CNC[C@]1(C)CN(S(=O)(=O)c1ccc([N+](=O)[O-])cc1)C2. The number of nitro groups is 1. The molecule has 1 aromatic rings. The Morgan fingerprint density at radius 3 is 2.09 bits per heavy atom. The quantitative estimate of drug-likeness (QED) is 0.666. The molecular formula is C14H19N3O4S. The molecule has 0 amide bonds. The fourth-order valence-electron chi connectivity index (χ4n) is 3.43. The van der Waals surface area contributed by atoms with Gasteiger partial charge in [0, 0.05) is 49.1 Å². The minimum absolute atomic E-state index is 0.0825. The fraction of sp³-hybridized carbons (Fsp3) is 0.571. The van der Waals surface area contributed by atoms with Crippen molar-refractivity contribution in [3.63, 3.8) is 0 Å². The number of nitrogens with one attached hydrogen (secondary N) is 1. The number of fused-ring (bicyclic) bond motifs is 1. The van der Waals surface area contributed by atoms with E-state index in [4.69, 9.17) is 0 Å². The number of hydrogen-bond donors (Lipinski definition) is 1. The lowest BCUT2D eigenvalue weighted by atomic mass is 9.71. The molecule has 0 saturated carbocycles. The number of benzene rings is 1. The average molecular weight is 325 g/mol. The van der Waals surface area contributed by atoms with Crippen molar-refractivity contribution in [2.24, 2.45) is 10.8 Å². The lowest BCUT2D eigenvalue weighted by Crippen LogP contribution is -2.34. The highest BCUT2D eigenvalue weighted by Crippen LogP contribution is 2.49. The molecule has 2 heterocycles. The summed E-state index contributed by atoms with van der Waals surface area (Å²) in [4.78, 5) is 10.2. The van der Waals surface area contributed by atoms with E-state index < -0.39 is 14.9 Å². The van der Waals surface area contributed by atoms with Gasteiger partial charge in [-0.3, -0.25) is 10.1 Å². The Morgan fingerprint density at radius 2 is 1.64 bits per heavy atom. The number of nitro benzene ring substituents is 1. The number of nitrogens with zero attached hydrogens (tertiary/aromatic N) is 2. The molecule has 1 aromatic carbocycles. The van der Waals surface area contributed by atoms with E-state index in [-0.39, 0.29) is 21.4 Å². The number of sulfonamides is 1. The largest absolute Gasteiger partial charge is 0.316 e. The third kappa shape index (κ3) is 2.13. The van der Waals surface area contributed by atoms with Crippen molar-refractivity contribution in [1.29, 1.82) is 0 Å². The van der Waals surface area contributed by atoms with Gasteiger partial charge in [-0.1, -0.05) is 13.8 Å². The Hall–Kier alpha value is -1.51. The summed E-state index contributed by atoms with van der Waals surface area (Å²) in [6.07, 6.45) is 0. The molecular weight excluding hydrogens is 306 g/mol. The molecule has 0 aromatic heterocycles. The van der Waals surface area contributed by atoms with Gasteiger partial charge in [0.15, 0.2) is 0 Å². The standard InChI is InChI=1S/C14H19N3O4S/c1-13-7-15-8-14(13,2)10-16(9-13)22(20,21)12-5-3-11(4-6-12)17(18)19/h3-6,15H,7-10H2,1-2H3/t13-,14+. The summed E-state index contributed by atoms with van der Waals surface area (Å²) in [5.74, 6) is 0. The van der Waals surface area contributed by atoms with E-state index in [9.17, 15) is 18.5 Å². The molecule has 120 valence electrons. The molecule has 7 nitrogen and oxygen atoms in total. The molecule has 0 spiro atoms. The van der Waals surface area contributed by atoms with E-state index in [0.717, 1.165) is 13.1 Å². The van der Waals surface area contributed by atoms with Crippen LogP contribution in [0, 0.1) is 20.9 Å². The maximum Gasteiger partial charge on any atom is 0.269 e. The van der Waals surface area contributed by atoms with Crippen molar-refractivity contribution in [1.82, 2.24) is 9.62 Å². The van der Waals surface area contributed by atoms with Crippen LogP contribution in [-0.2, 0) is 10.0 Å². The van der Waals surface area contributed by atoms with Crippen LogP contribution in [-0.4, -0.2) is 43.8 Å². The molecule has 0 radical (unpaired) electrons. The Kier molecular flexibility index (Phi) is 3.32. The molecule has 3 rings (SSSR count). The van der Waals surface area contributed by atoms with Gasteiger partial charge >= 0.3 is 0 Å². The van der Waals surface area contributed by atoms with Crippen LogP contribution < -0.4 is 5.32 Å². The van der Waals surface area contributed by atoms with Gasteiger partial charge in [-0.25, -0.2) is 8.42 Å². The molecule has 8 heteroatoms. The third-order valence-electron chi connectivity index (χ3n) is 5.22. The highest BCUT2D eigenvalue weighted by molar-refractivity contribution is 7.89. The molecule has 0 aliphatic carbocycles. The molecule has 22 heavy (non-hydrogen) atoms. The van der Waals surface area contributed by atoms with Crippen molar-refractivity contribution >= 4 is 15.7 Å². The van der Waals surface area contributed by atoms with E-state index in [1.165, 1.54) is 28.6 Å². The summed E-state index contributed by atoms with van der Waals surface area (Å²) in [7, 11) is -3.62. The Balaban J connectivity index is 1.90. The van der Waals surface area contributed by atoms with Crippen LogP contribution in [0.1, 0.15) is 13.8 Å². The normalized spacial score (nSPS) is 32.1. The molecule has 2 atom stereocenters. The third-order valence-corrected chi connectivity index (χ3v) is 7.03. The van der Waals surface area contributed by atoms with Gasteiger partial charge in [0.05, 0.1) is 9.82 Å². The van der Waals surface area contributed by atoms with Crippen LogP contribution in [0.25, 0.3) is 0 Å². The van der Waals surface area contributed by atoms with Crippen LogP contribution in [0.3, 0.4) is 0 Å². The zero-order valence-electron chi connectivity index (χ0n) is 12.6. The van der Waals surface area contributed by atoms with Crippen LogP contribution >= 0.6 is 0 Å². The second-order valence-corrected chi connectivity index (χ2v) is 8.69.